The van der Waals surface area contributed by atoms with Crippen molar-refractivity contribution >= 4 is 110 Å². The molecule has 0 bridgehead atoms. The number of aromatic nitrogens is 10. The number of nitrogens with zero attached hydrogens (tertiary/aromatic N) is 10. The van der Waals surface area contributed by atoms with E-state index in [0.717, 1.165) is 150 Å². The van der Waals surface area contributed by atoms with Crippen LogP contribution in [-0.2, 0) is 35.2 Å². The molecule has 20 rings (SSSR count). The molecule has 5 aromatic carbocycles. The fraction of sp³-hybridized carbons (Fsp3) is 0.158. The predicted molar refractivity (Wildman–Crippen MR) is 438 cm³/mol. The van der Waals surface area contributed by atoms with E-state index in [9.17, 15) is 0 Å². The van der Waals surface area contributed by atoms with E-state index in [4.69, 9.17) is 30.3 Å². The average molecular weight is 1450 g/mol. The average Bonchev–Trinajstić information content (AvgIpc) is 1.55. The van der Waals surface area contributed by atoms with E-state index >= 15 is 0 Å². The summed E-state index contributed by atoms with van der Waals surface area (Å²) in [6.07, 6.45) is 13.4. The quantitative estimate of drug-likeness (QED) is 0.152. The summed E-state index contributed by atoms with van der Waals surface area (Å²) in [7, 11) is 10.1. The van der Waals surface area contributed by atoms with Crippen LogP contribution in [0.15, 0.2) is 266 Å². The van der Waals surface area contributed by atoms with Crippen LogP contribution in [0.3, 0.4) is 0 Å². The maximum absolute atomic E-state index is 7.91. The van der Waals surface area contributed by atoms with Crippen LogP contribution in [0.1, 0.15) is 64.6 Å². The normalized spacial score (nSPS) is 12.4. The molecule has 15 aromatic heterocycles. The third-order valence-electron chi connectivity index (χ3n) is 20.6. The summed E-state index contributed by atoms with van der Waals surface area (Å²) in [6.45, 7) is 11.6. The summed E-state index contributed by atoms with van der Waals surface area (Å²) in [5, 5.41) is 8.22. The second kappa shape index (κ2) is 29.1. The molecule has 0 aliphatic carbocycles. The molecule has 0 N–H and O–H groups in total. The second-order valence-electron chi connectivity index (χ2n) is 28.1. The lowest BCUT2D eigenvalue weighted by Crippen LogP contribution is -2.30. The Hall–Kier alpha value is -13.4. The van der Waals surface area contributed by atoms with Crippen LogP contribution in [0.2, 0.25) is 0 Å². The van der Waals surface area contributed by atoms with E-state index in [1.807, 2.05) is 186 Å². The van der Waals surface area contributed by atoms with Gasteiger partial charge in [-0.25, -0.2) is 32.8 Å². The van der Waals surface area contributed by atoms with Gasteiger partial charge in [0.05, 0.1) is 39.5 Å². The summed E-state index contributed by atoms with van der Waals surface area (Å²) in [6, 6.07) is 66.6. The highest BCUT2D eigenvalue weighted by molar-refractivity contribution is 6.14. The van der Waals surface area contributed by atoms with E-state index in [-0.39, 0.29) is 11.4 Å². The molecule has 20 aromatic rings. The van der Waals surface area contributed by atoms with Crippen molar-refractivity contribution in [3.63, 3.8) is 0 Å². The van der Waals surface area contributed by atoms with E-state index in [0.29, 0.717) is 44.5 Å². The molecule has 15 nitrogen and oxygen atoms in total. The Labute approximate surface area is 645 Å². The van der Waals surface area contributed by atoms with Crippen molar-refractivity contribution in [3.05, 3.63) is 300 Å². The van der Waals surface area contributed by atoms with Gasteiger partial charge in [0.15, 0.2) is 58.9 Å². The van der Waals surface area contributed by atoms with Crippen LogP contribution in [0, 0.1) is 69.1 Å². The lowest BCUT2D eigenvalue weighted by Gasteiger charge is -2.06. The van der Waals surface area contributed by atoms with Crippen LogP contribution >= 0.6 is 0 Å². The number of pyridine rings is 10. The van der Waals surface area contributed by atoms with Crippen molar-refractivity contribution in [3.8, 4) is 56.3 Å². The Morgan fingerprint density at radius 1 is 0.291 bits per heavy atom. The predicted octanol–water partition coefficient (Wildman–Crippen LogP) is 20.4. The highest BCUT2D eigenvalue weighted by Crippen LogP contribution is 2.43. The standard InChI is InChI=1S/5C19H17N2O/c1-12-17-14-8-4-5-10-16(14)22-19(17)18(13(2)20-12)15-9-6-7-11-21(15)3;1-12-7-9-14-15-10-8-13(2)20-19(15)22-18(14)17(12)16-6-4-5-11-21(16)3;1-12-7-9-14-18-16(10-8-13(2)20-18)22-19(14)17(12)15-6-4-5-11-21(15)3;1-12-7-8-14-18-13(2)20-10-9-16(18)22-19(14)17(12)15-6-4-5-11-21(15)3;1-12-7-8-14-15-10-13(2)20-11-17(15)22-19(14)18(12)16-6-4-5-9-21(16)3/h5*4-11H,1-3H3/q5*+1/i1D3;;;2D3;. The molecule has 0 saturated carbocycles. The van der Waals surface area contributed by atoms with E-state index in [2.05, 4.69) is 184 Å². The monoisotopic (exact) mass is 1450 g/mol. The number of aryl methyl sites for hydroxylation is 15. The van der Waals surface area contributed by atoms with Crippen LogP contribution < -0.4 is 22.8 Å². The fourth-order valence-electron chi connectivity index (χ4n) is 15.0. The van der Waals surface area contributed by atoms with Gasteiger partial charge >= 0.3 is 0 Å². The van der Waals surface area contributed by atoms with Gasteiger partial charge in [-0.15, -0.1) is 0 Å². The largest absolute Gasteiger partial charge is 0.455 e. The van der Waals surface area contributed by atoms with Crippen molar-refractivity contribution < 1.29 is 53.1 Å². The molecule has 15 heterocycles. The number of fused-ring (bicyclic) bond motifs is 15. The van der Waals surface area contributed by atoms with Crippen molar-refractivity contribution in [2.75, 3.05) is 0 Å². The van der Waals surface area contributed by atoms with E-state index in [1.165, 1.54) is 22.9 Å². The molecule has 15 heteroatoms. The summed E-state index contributed by atoms with van der Waals surface area (Å²) in [5.41, 5.74) is 27.6. The van der Waals surface area contributed by atoms with Crippen LogP contribution in [0.25, 0.3) is 166 Å². The third kappa shape index (κ3) is 12.9. The zero-order chi connectivity index (χ0) is 81.3. The zero-order valence-corrected chi connectivity index (χ0v) is 63.6. The second-order valence-corrected chi connectivity index (χ2v) is 28.1. The fourth-order valence-corrected chi connectivity index (χ4v) is 15.0. The molecule has 0 fully saturated rings. The Balaban J connectivity index is 0.000000109. The first-order chi connectivity index (χ1) is 55.7. The molecule has 0 atom stereocenters. The number of hydrogen-bond donors (Lipinski definition) is 0. The minimum Gasteiger partial charge on any atom is -0.455 e. The molecule has 0 amide bonds. The molecule has 0 saturated heterocycles. The first kappa shape index (κ1) is 63.8. The van der Waals surface area contributed by atoms with E-state index in [1.54, 1.807) is 6.07 Å². The minimum atomic E-state index is -2.31. The molecule has 0 aliphatic rings. The van der Waals surface area contributed by atoms with Gasteiger partial charge in [0, 0.05) is 147 Å². The molecule has 0 unspecified atom stereocenters. The van der Waals surface area contributed by atoms with Gasteiger partial charge in [-0.2, -0.15) is 0 Å². The van der Waals surface area contributed by atoms with Crippen LogP contribution in [0.4, 0.5) is 0 Å². The molecular weight excluding hydrogens is 1360 g/mol. The van der Waals surface area contributed by atoms with Gasteiger partial charge in [-0.1, -0.05) is 60.7 Å². The number of furan rings is 5. The lowest BCUT2D eigenvalue weighted by atomic mass is 10.0. The van der Waals surface area contributed by atoms with Crippen molar-refractivity contribution in [2.24, 2.45) is 35.2 Å². The summed E-state index contributed by atoms with van der Waals surface area (Å²) in [4.78, 5) is 22.1. The molecule has 0 radical (unpaired) electrons. The van der Waals surface area contributed by atoms with Crippen LogP contribution in [0.5, 0.6) is 0 Å². The van der Waals surface area contributed by atoms with Gasteiger partial charge in [-0.05, 0) is 170 Å². The Bertz CT molecular complexity index is 7030. The zero-order valence-electron chi connectivity index (χ0n) is 69.6. The first-order valence-electron chi connectivity index (χ1n) is 39.5. The van der Waals surface area contributed by atoms with Gasteiger partial charge in [-0.3, -0.25) is 15.0 Å². The third-order valence-corrected chi connectivity index (χ3v) is 20.6. The number of benzene rings is 5. The molecule has 540 valence electrons. The first-order valence-corrected chi connectivity index (χ1v) is 36.5. The van der Waals surface area contributed by atoms with Crippen molar-refractivity contribution in [1.82, 2.24) is 24.9 Å². The molecule has 0 aliphatic heterocycles. The van der Waals surface area contributed by atoms with Gasteiger partial charge in [0.25, 0.3) is 0 Å². The molecular formula is C95H85N10O5+5. The van der Waals surface area contributed by atoms with Crippen LogP contribution in [-0.4, -0.2) is 24.9 Å². The SMILES string of the molecule is Cc1cc2c(cn1)oc1c(-c3cccc[n+]3C)c(C)ccc12.Cc1ccc2c(n1)oc1c(-c3cccc[n+]3C)c(C)ccc12.Cc1ccc2oc3c(-c4cccc[n+]4C)c(C)ccc3c2n1.[2H]C([2H])([2H])c1nc(C)c(-c2cccc[n+]2C)c2oc3ccccc3c12.[2H]C([2H])([2H])c1nccc2oc3c(-c4cccc[n+]4C)c(C)ccc3c12. The topological polar surface area (TPSA) is 150 Å². The number of hydrogen-bond acceptors (Lipinski definition) is 10. The number of rotatable bonds is 5. The Morgan fingerprint density at radius 2 is 0.727 bits per heavy atom. The van der Waals surface area contributed by atoms with Crippen molar-refractivity contribution in [1.29, 1.82) is 0 Å². The van der Waals surface area contributed by atoms with Gasteiger partial charge in [0.2, 0.25) is 34.2 Å². The highest BCUT2D eigenvalue weighted by Gasteiger charge is 2.27. The van der Waals surface area contributed by atoms with Crippen molar-refractivity contribution in [2.45, 2.75) is 69.1 Å². The highest BCUT2D eigenvalue weighted by atomic mass is 16.3. The Morgan fingerprint density at radius 3 is 1.28 bits per heavy atom. The van der Waals surface area contributed by atoms with Gasteiger partial charge in [0.1, 0.15) is 68.7 Å². The summed E-state index contributed by atoms with van der Waals surface area (Å²) >= 11 is 0. The Kier molecular flexibility index (Phi) is 16.9. The smallest absolute Gasteiger partial charge is 0.227 e. The van der Waals surface area contributed by atoms with E-state index < -0.39 is 13.7 Å². The molecule has 0 spiro atoms. The maximum atomic E-state index is 7.91. The lowest BCUT2D eigenvalue weighted by molar-refractivity contribution is -0.660. The molecule has 110 heavy (non-hydrogen) atoms. The van der Waals surface area contributed by atoms with Gasteiger partial charge < -0.3 is 22.1 Å². The summed E-state index contributed by atoms with van der Waals surface area (Å²) < 4.78 is 88.1. The minimum absolute atomic E-state index is 0.0796. The summed E-state index contributed by atoms with van der Waals surface area (Å²) in [5.74, 6) is 0. The number of para-hydroxylation sites is 1. The maximum Gasteiger partial charge on any atom is 0.227 e.